The molecule has 1 heterocycles. The number of fused-ring (bicyclic) bond motifs is 1. The molecule has 1 aliphatic rings. The van der Waals surface area contributed by atoms with Crippen LogP contribution in [0.1, 0.15) is 49.1 Å². The van der Waals surface area contributed by atoms with Crippen molar-refractivity contribution in [2.75, 3.05) is 0 Å². The lowest BCUT2D eigenvalue weighted by molar-refractivity contribution is 0.0949. The lowest BCUT2D eigenvalue weighted by Gasteiger charge is -2.06. The Labute approximate surface area is 117 Å². The van der Waals surface area contributed by atoms with Crippen LogP contribution >= 0.6 is 11.6 Å². The van der Waals surface area contributed by atoms with Gasteiger partial charge in [0.05, 0.1) is 5.02 Å². The van der Waals surface area contributed by atoms with Crippen LogP contribution < -0.4 is 0 Å². The predicted octanol–water partition coefficient (Wildman–Crippen LogP) is 5.24. The van der Waals surface area contributed by atoms with Gasteiger partial charge < -0.3 is 4.42 Å². The number of rotatable bonds is 4. The maximum Gasteiger partial charge on any atom is 0.198 e. The minimum Gasteiger partial charge on any atom is -0.451 e. The molecule has 1 aromatic heterocycles. The third-order valence-corrected chi connectivity index (χ3v) is 4.32. The van der Waals surface area contributed by atoms with Crippen LogP contribution in [0.3, 0.4) is 0 Å². The maximum atomic E-state index is 12.1. The fourth-order valence-electron chi connectivity index (χ4n) is 2.92. The zero-order valence-electron chi connectivity index (χ0n) is 10.8. The summed E-state index contributed by atoms with van der Waals surface area (Å²) in [5, 5.41) is 1.46. The van der Waals surface area contributed by atoms with Crippen molar-refractivity contribution in [2.24, 2.45) is 5.92 Å². The molecule has 2 aromatic rings. The minimum atomic E-state index is 0.0965. The number of carbonyl (C=O) groups excluding carboxylic acids is 1. The molecule has 0 aliphatic heterocycles. The molecule has 19 heavy (non-hydrogen) atoms. The number of carbonyl (C=O) groups is 1. The summed E-state index contributed by atoms with van der Waals surface area (Å²) in [5.41, 5.74) is 0.619. The van der Waals surface area contributed by atoms with Gasteiger partial charge in [0.2, 0.25) is 0 Å². The molecule has 100 valence electrons. The SMILES string of the molecule is O=C(CCC1CCCC1)c1cc2cccc(Cl)c2o1. The summed E-state index contributed by atoms with van der Waals surface area (Å²) in [6.45, 7) is 0. The lowest BCUT2D eigenvalue weighted by atomic mass is 9.99. The maximum absolute atomic E-state index is 12.1. The van der Waals surface area contributed by atoms with Crippen molar-refractivity contribution in [1.29, 1.82) is 0 Å². The van der Waals surface area contributed by atoms with Crippen LogP contribution in [0.4, 0.5) is 0 Å². The van der Waals surface area contributed by atoms with E-state index in [4.69, 9.17) is 16.0 Å². The first-order chi connectivity index (χ1) is 9.24. The molecule has 1 aliphatic carbocycles. The van der Waals surface area contributed by atoms with Gasteiger partial charge in [0.1, 0.15) is 0 Å². The fraction of sp³-hybridized carbons (Fsp3) is 0.438. The van der Waals surface area contributed by atoms with Crippen LogP contribution in [-0.2, 0) is 0 Å². The molecule has 3 rings (SSSR count). The summed E-state index contributed by atoms with van der Waals surface area (Å²) in [7, 11) is 0. The summed E-state index contributed by atoms with van der Waals surface area (Å²) in [4.78, 5) is 12.1. The highest BCUT2D eigenvalue weighted by Gasteiger charge is 2.19. The van der Waals surface area contributed by atoms with E-state index in [1.165, 1.54) is 25.7 Å². The van der Waals surface area contributed by atoms with Gasteiger partial charge in [0, 0.05) is 11.8 Å². The van der Waals surface area contributed by atoms with E-state index in [2.05, 4.69) is 0 Å². The summed E-state index contributed by atoms with van der Waals surface area (Å²) >= 11 is 6.05. The second kappa shape index (κ2) is 5.38. The Balaban J connectivity index is 1.72. The molecule has 0 saturated heterocycles. The van der Waals surface area contributed by atoms with E-state index < -0.39 is 0 Å². The molecule has 1 saturated carbocycles. The molecule has 0 N–H and O–H groups in total. The summed E-state index contributed by atoms with van der Waals surface area (Å²) < 4.78 is 5.59. The number of hydrogen-bond donors (Lipinski definition) is 0. The summed E-state index contributed by atoms with van der Waals surface area (Å²) in [6, 6.07) is 7.36. The zero-order chi connectivity index (χ0) is 13.2. The average Bonchev–Trinajstić information content (AvgIpc) is 3.05. The van der Waals surface area contributed by atoms with Gasteiger partial charge in [-0.3, -0.25) is 4.79 Å². The van der Waals surface area contributed by atoms with Crippen molar-refractivity contribution >= 4 is 28.4 Å². The Hall–Kier alpha value is -1.28. The van der Waals surface area contributed by atoms with Gasteiger partial charge in [0.25, 0.3) is 0 Å². The van der Waals surface area contributed by atoms with Gasteiger partial charge in [-0.15, -0.1) is 0 Å². The summed E-state index contributed by atoms with van der Waals surface area (Å²) in [6.07, 6.45) is 6.77. The minimum absolute atomic E-state index is 0.0965. The second-order valence-electron chi connectivity index (χ2n) is 5.38. The normalized spacial score (nSPS) is 16.3. The van der Waals surface area contributed by atoms with Crippen LogP contribution in [0.25, 0.3) is 11.0 Å². The third kappa shape index (κ3) is 2.69. The second-order valence-corrected chi connectivity index (χ2v) is 5.79. The lowest BCUT2D eigenvalue weighted by Crippen LogP contribution is -2.01. The van der Waals surface area contributed by atoms with E-state index in [-0.39, 0.29) is 5.78 Å². The molecule has 2 nitrogen and oxygen atoms in total. The van der Waals surface area contributed by atoms with Gasteiger partial charge in [-0.05, 0) is 24.5 Å². The standard InChI is InChI=1S/C16H17ClO2/c17-13-7-3-6-12-10-15(19-16(12)13)14(18)9-8-11-4-1-2-5-11/h3,6-7,10-11H,1-2,4-5,8-9H2. The van der Waals surface area contributed by atoms with Gasteiger partial charge in [-0.1, -0.05) is 49.4 Å². The summed E-state index contributed by atoms with van der Waals surface area (Å²) in [5.74, 6) is 1.28. The number of ketones is 1. The predicted molar refractivity (Wildman–Crippen MR) is 76.7 cm³/mol. The van der Waals surface area contributed by atoms with Crippen LogP contribution in [0.5, 0.6) is 0 Å². The first kappa shape index (κ1) is 12.7. The van der Waals surface area contributed by atoms with Gasteiger partial charge in [-0.2, -0.15) is 0 Å². The van der Waals surface area contributed by atoms with Crippen LogP contribution in [-0.4, -0.2) is 5.78 Å². The first-order valence-electron chi connectivity index (χ1n) is 6.95. The van der Waals surface area contributed by atoms with Gasteiger partial charge >= 0.3 is 0 Å². The molecule has 1 fully saturated rings. The third-order valence-electron chi connectivity index (χ3n) is 4.03. The van der Waals surface area contributed by atoms with E-state index in [9.17, 15) is 4.79 Å². The Morgan fingerprint density at radius 3 is 2.84 bits per heavy atom. The molecular weight excluding hydrogens is 260 g/mol. The van der Waals surface area contributed by atoms with Crippen molar-refractivity contribution in [1.82, 2.24) is 0 Å². The quantitative estimate of drug-likeness (QED) is 0.715. The van der Waals surface area contributed by atoms with Gasteiger partial charge in [-0.25, -0.2) is 0 Å². The number of hydrogen-bond acceptors (Lipinski definition) is 2. The average molecular weight is 277 g/mol. The zero-order valence-corrected chi connectivity index (χ0v) is 11.6. The highest BCUT2D eigenvalue weighted by Crippen LogP contribution is 2.30. The van der Waals surface area contributed by atoms with Crippen molar-refractivity contribution in [3.8, 4) is 0 Å². The van der Waals surface area contributed by atoms with E-state index in [0.29, 0.717) is 22.8 Å². The number of para-hydroxylation sites is 1. The van der Waals surface area contributed by atoms with E-state index in [1.807, 2.05) is 12.1 Å². The molecule has 0 atom stereocenters. The number of Topliss-reactive ketones (excluding diaryl/α,β-unsaturated/α-hetero) is 1. The van der Waals surface area contributed by atoms with Crippen molar-refractivity contribution < 1.29 is 9.21 Å². The van der Waals surface area contributed by atoms with Crippen LogP contribution in [0, 0.1) is 5.92 Å². The number of halogens is 1. The van der Waals surface area contributed by atoms with Crippen molar-refractivity contribution in [3.63, 3.8) is 0 Å². The molecular formula is C16H17ClO2. The highest BCUT2D eigenvalue weighted by molar-refractivity contribution is 6.34. The van der Waals surface area contributed by atoms with E-state index in [1.54, 1.807) is 12.1 Å². The molecule has 0 radical (unpaired) electrons. The number of furan rings is 1. The Morgan fingerprint density at radius 1 is 1.32 bits per heavy atom. The molecule has 0 bridgehead atoms. The highest BCUT2D eigenvalue weighted by atomic mass is 35.5. The Bertz CT molecular complexity index is 594. The number of benzene rings is 1. The Morgan fingerprint density at radius 2 is 2.11 bits per heavy atom. The van der Waals surface area contributed by atoms with Crippen LogP contribution in [0.2, 0.25) is 5.02 Å². The molecule has 1 aromatic carbocycles. The molecule has 0 unspecified atom stereocenters. The topological polar surface area (TPSA) is 30.2 Å². The van der Waals surface area contributed by atoms with E-state index >= 15 is 0 Å². The Kier molecular flexibility index (Phi) is 3.61. The fourth-order valence-corrected chi connectivity index (χ4v) is 3.14. The smallest absolute Gasteiger partial charge is 0.198 e. The van der Waals surface area contributed by atoms with Crippen molar-refractivity contribution in [3.05, 3.63) is 35.0 Å². The van der Waals surface area contributed by atoms with Crippen molar-refractivity contribution in [2.45, 2.75) is 38.5 Å². The molecule has 0 spiro atoms. The van der Waals surface area contributed by atoms with Gasteiger partial charge in [0.15, 0.2) is 17.1 Å². The van der Waals surface area contributed by atoms with Crippen LogP contribution in [0.15, 0.2) is 28.7 Å². The largest absolute Gasteiger partial charge is 0.451 e. The first-order valence-corrected chi connectivity index (χ1v) is 7.33. The monoisotopic (exact) mass is 276 g/mol. The molecule has 3 heteroatoms. The molecule has 0 amide bonds. The van der Waals surface area contributed by atoms with E-state index in [0.717, 1.165) is 17.7 Å².